The molecule has 0 spiro atoms. The smallest absolute Gasteiger partial charge is 0.323 e. The second-order valence-corrected chi connectivity index (χ2v) is 5.30. The summed E-state index contributed by atoms with van der Waals surface area (Å²) in [4.78, 5) is 11.7. The summed E-state index contributed by atoms with van der Waals surface area (Å²) in [7, 11) is 1.60. The van der Waals surface area contributed by atoms with Crippen molar-refractivity contribution in [3.8, 4) is 5.75 Å². The van der Waals surface area contributed by atoms with Crippen LogP contribution in [0.15, 0.2) is 24.3 Å². The lowest BCUT2D eigenvalue weighted by Gasteiger charge is -2.24. The van der Waals surface area contributed by atoms with Gasteiger partial charge in [-0.3, -0.25) is 4.79 Å². The van der Waals surface area contributed by atoms with Crippen LogP contribution in [0.4, 0.5) is 0 Å². The third-order valence-electron chi connectivity index (χ3n) is 2.70. The number of benzene rings is 1. The molecule has 0 heterocycles. The first kappa shape index (κ1) is 14.5. The maximum absolute atomic E-state index is 11.7. The van der Waals surface area contributed by atoms with Gasteiger partial charge in [-0.1, -0.05) is 32.9 Å². The Labute approximate surface area is 108 Å². The van der Waals surface area contributed by atoms with Gasteiger partial charge in [0.2, 0.25) is 0 Å². The van der Waals surface area contributed by atoms with E-state index in [9.17, 15) is 4.79 Å². The molecule has 18 heavy (non-hydrogen) atoms. The summed E-state index contributed by atoms with van der Waals surface area (Å²) in [6, 6.07) is 6.77. The molecule has 0 amide bonds. The Hall–Kier alpha value is -1.55. The molecule has 1 atom stereocenters. The second-order valence-electron chi connectivity index (χ2n) is 5.30. The van der Waals surface area contributed by atoms with E-state index in [2.05, 4.69) is 0 Å². The van der Waals surface area contributed by atoms with E-state index in [1.807, 2.05) is 45.0 Å². The molecule has 0 saturated carbocycles. The first-order chi connectivity index (χ1) is 8.34. The second kappa shape index (κ2) is 5.87. The number of ether oxygens (including phenoxy) is 2. The SMILES string of the molecule is COc1cccc(COC(=O)[C@@H](N)C(C)(C)C)c1. The average molecular weight is 251 g/mol. The Kier molecular flexibility index (Phi) is 4.73. The molecule has 2 N–H and O–H groups in total. The molecule has 1 rings (SSSR count). The van der Waals surface area contributed by atoms with E-state index in [0.29, 0.717) is 0 Å². The summed E-state index contributed by atoms with van der Waals surface area (Å²) < 4.78 is 10.3. The summed E-state index contributed by atoms with van der Waals surface area (Å²) in [5.41, 5.74) is 6.39. The third kappa shape index (κ3) is 4.04. The van der Waals surface area contributed by atoms with Crippen LogP contribution in [0.1, 0.15) is 26.3 Å². The fourth-order valence-corrected chi connectivity index (χ4v) is 1.36. The van der Waals surface area contributed by atoms with Crippen LogP contribution >= 0.6 is 0 Å². The largest absolute Gasteiger partial charge is 0.497 e. The fraction of sp³-hybridized carbons (Fsp3) is 0.500. The van der Waals surface area contributed by atoms with Crippen molar-refractivity contribution in [1.82, 2.24) is 0 Å². The number of hydrogen-bond donors (Lipinski definition) is 1. The zero-order chi connectivity index (χ0) is 13.8. The van der Waals surface area contributed by atoms with Crippen molar-refractivity contribution in [3.63, 3.8) is 0 Å². The third-order valence-corrected chi connectivity index (χ3v) is 2.70. The van der Waals surface area contributed by atoms with Gasteiger partial charge in [0.25, 0.3) is 0 Å². The van der Waals surface area contributed by atoms with Crippen molar-refractivity contribution < 1.29 is 14.3 Å². The van der Waals surface area contributed by atoms with E-state index in [-0.39, 0.29) is 18.0 Å². The lowest BCUT2D eigenvalue weighted by atomic mass is 9.87. The maximum Gasteiger partial charge on any atom is 0.323 e. The number of carbonyl (C=O) groups excluding carboxylic acids is 1. The highest BCUT2D eigenvalue weighted by Crippen LogP contribution is 2.19. The fourth-order valence-electron chi connectivity index (χ4n) is 1.36. The monoisotopic (exact) mass is 251 g/mol. The molecule has 1 aromatic rings. The molecule has 0 aliphatic heterocycles. The molecule has 0 aliphatic carbocycles. The van der Waals surface area contributed by atoms with Crippen molar-refractivity contribution in [2.75, 3.05) is 7.11 Å². The Morgan fingerprint density at radius 3 is 2.61 bits per heavy atom. The van der Waals surface area contributed by atoms with Crippen LogP contribution in [0.3, 0.4) is 0 Å². The molecule has 0 aromatic heterocycles. The van der Waals surface area contributed by atoms with Gasteiger partial charge in [0.15, 0.2) is 0 Å². The summed E-state index contributed by atoms with van der Waals surface area (Å²) >= 11 is 0. The molecule has 0 unspecified atom stereocenters. The summed E-state index contributed by atoms with van der Waals surface area (Å²) in [6.45, 7) is 5.93. The molecule has 0 bridgehead atoms. The van der Waals surface area contributed by atoms with Crippen LogP contribution in [0.25, 0.3) is 0 Å². The standard InChI is InChI=1S/C14H21NO3/c1-14(2,3)12(15)13(16)18-9-10-6-5-7-11(8-10)17-4/h5-8,12H,9,15H2,1-4H3/t12-/m1/s1. The molecular weight excluding hydrogens is 230 g/mol. The molecule has 4 nitrogen and oxygen atoms in total. The van der Waals surface area contributed by atoms with Crippen LogP contribution in [0.5, 0.6) is 5.75 Å². The number of hydrogen-bond acceptors (Lipinski definition) is 4. The molecule has 100 valence electrons. The Morgan fingerprint density at radius 1 is 1.39 bits per heavy atom. The van der Waals surface area contributed by atoms with Crippen molar-refractivity contribution in [3.05, 3.63) is 29.8 Å². The Morgan fingerprint density at radius 2 is 2.06 bits per heavy atom. The van der Waals surface area contributed by atoms with Gasteiger partial charge in [0, 0.05) is 0 Å². The lowest BCUT2D eigenvalue weighted by Crippen LogP contribution is -2.43. The normalized spacial score (nSPS) is 12.9. The Balaban J connectivity index is 2.57. The van der Waals surface area contributed by atoms with Crippen molar-refractivity contribution in [1.29, 1.82) is 0 Å². The van der Waals surface area contributed by atoms with E-state index in [1.54, 1.807) is 7.11 Å². The zero-order valence-electron chi connectivity index (χ0n) is 11.4. The first-order valence-electron chi connectivity index (χ1n) is 5.89. The molecular formula is C14H21NO3. The van der Waals surface area contributed by atoms with Gasteiger partial charge in [0.1, 0.15) is 18.4 Å². The van der Waals surface area contributed by atoms with Gasteiger partial charge in [-0.15, -0.1) is 0 Å². The number of nitrogens with two attached hydrogens (primary N) is 1. The van der Waals surface area contributed by atoms with Gasteiger partial charge in [-0.2, -0.15) is 0 Å². The highest BCUT2D eigenvalue weighted by Gasteiger charge is 2.28. The first-order valence-corrected chi connectivity index (χ1v) is 5.89. The zero-order valence-corrected chi connectivity index (χ0v) is 11.4. The van der Waals surface area contributed by atoms with Gasteiger partial charge in [0.05, 0.1) is 7.11 Å². The molecule has 0 saturated heterocycles. The minimum absolute atomic E-state index is 0.208. The van der Waals surface area contributed by atoms with Crippen LogP contribution in [0.2, 0.25) is 0 Å². The van der Waals surface area contributed by atoms with E-state index in [4.69, 9.17) is 15.2 Å². The maximum atomic E-state index is 11.7. The van der Waals surface area contributed by atoms with Crippen molar-refractivity contribution in [2.45, 2.75) is 33.4 Å². The highest BCUT2D eigenvalue weighted by molar-refractivity contribution is 5.76. The summed E-state index contributed by atoms with van der Waals surface area (Å²) in [6.07, 6.45) is 0. The molecule has 0 fully saturated rings. The topological polar surface area (TPSA) is 61.5 Å². The number of rotatable bonds is 4. The quantitative estimate of drug-likeness (QED) is 0.833. The number of carbonyl (C=O) groups is 1. The van der Waals surface area contributed by atoms with E-state index in [1.165, 1.54) is 0 Å². The number of esters is 1. The van der Waals surface area contributed by atoms with Crippen molar-refractivity contribution in [2.24, 2.45) is 11.1 Å². The summed E-state index contributed by atoms with van der Waals surface area (Å²) in [5.74, 6) is 0.356. The minimum Gasteiger partial charge on any atom is -0.497 e. The highest BCUT2D eigenvalue weighted by atomic mass is 16.5. The molecule has 0 radical (unpaired) electrons. The van der Waals surface area contributed by atoms with E-state index < -0.39 is 6.04 Å². The van der Waals surface area contributed by atoms with E-state index in [0.717, 1.165) is 11.3 Å². The molecule has 1 aromatic carbocycles. The minimum atomic E-state index is -0.622. The lowest BCUT2D eigenvalue weighted by molar-refractivity contribution is -0.149. The van der Waals surface area contributed by atoms with Crippen molar-refractivity contribution >= 4 is 5.97 Å². The van der Waals surface area contributed by atoms with Crippen LogP contribution in [0, 0.1) is 5.41 Å². The van der Waals surface area contributed by atoms with Crippen LogP contribution < -0.4 is 10.5 Å². The molecule has 4 heteroatoms. The van der Waals surface area contributed by atoms with Gasteiger partial charge >= 0.3 is 5.97 Å². The Bertz CT molecular complexity index is 410. The van der Waals surface area contributed by atoms with Crippen LogP contribution in [-0.4, -0.2) is 19.1 Å². The molecule has 0 aliphatic rings. The van der Waals surface area contributed by atoms with E-state index >= 15 is 0 Å². The van der Waals surface area contributed by atoms with Gasteiger partial charge in [-0.25, -0.2) is 0 Å². The van der Waals surface area contributed by atoms with Crippen LogP contribution in [-0.2, 0) is 16.1 Å². The predicted molar refractivity (Wildman–Crippen MR) is 70.2 cm³/mol. The van der Waals surface area contributed by atoms with Gasteiger partial charge in [-0.05, 0) is 23.1 Å². The number of methoxy groups -OCH3 is 1. The summed E-state index contributed by atoms with van der Waals surface area (Å²) in [5, 5.41) is 0. The average Bonchev–Trinajstić information content (AvgIpc) is 2.34. The predicted octanol–water partition coefficient (Wildman–Crippen LogP) is 2.11. The van der Waals surface area contributed by atoms with Gasteiger partial charge < -0.3 is 15.2 Å².